The SMILES string of the molecule is CN1CCCN(S(=O)(=O)c2ccc3c(c2)CNC3)CC1. The third kappa shape index (κ3) is 2.61. The molecule has 1 N–H and O–H groups in total. The van der Waals surface area contributed by atoms with Gasteiger partial charge in [0.1, 0.15) is 0 Å². The van der Waals surface area contributed by atoms with E-state index in [0.717, 1.165) is 38.2 Å². The minimum atomic E-state index is -3.35. The highest BCUT2D eigenvalue weighted by Gasteiger charge is 2.27. The van der Waals surface area contributed by atoms with E-state index in [1.165, 1.54) is 5.56 Å². The molecule has 0 radical (unpaired) electrons. The molecule has 0 spiro atoms. The van der Waals surface area contributed by atoms with Crippen molar-refractivity contribution in [2.45, 2.75) is 24.4 Å². The van der Waals surface area contributed by atoms with Crippen molar-refractivity contribution in [3.63, 3.8) is 0 Å². The maximum Gasteiger partial charge on any atom is 0.243 e. The van der Waals surface area contributed by atoms with E-state index in [9.17, 15) is 8.42 Å². The van der Waals surface area contributed by atoms with Crippen molar-refractivity contribution in [2.24, 2.45) is 0 Å². The van der Waals surface area contributed by atoms with Crippen LogP contribution in [0.5, 0.6) is 0 Å². The second-order valence-corrected chi connectivity index (χ2v) is 7.53. The molecule has 1 aromatic carbocycles. The van der Waals surface area contributed by atoms with Gasteiger partial charge < -0.3 is 10.2 Å². The molecular weight excluding hydrogens is 274 g/mol. The van der Waals surface area contributed by atoms with Gasteiger partial charge >= 0.3 is 0 Å². The Kier molecular flexibility index (Phi) is 3.81. The molecular formula is C14H21N3O2S. The maximum absolute atomic E-state index is 12.7. The van der Waals surface area contributed by atoms with Crippen LogP contribution in [-0.2, 0) is 23.1 Å². The fourth-order valence-electron chi connectivity index (χ4n) is 2.84. The zero-order valence-corrected chi connectivity index (χ0v) is 12.6. The molecule has 0 aromatic heterocycles. The summed E-state index contributed by atoms with van der Waals surface area (Å²) in [6, 6.07) is 5.52. The predicted molar refractivity (Wildman–Crippen MR) is 77.9 cm³/mol. The van der Waals surface area contributed by atoms with Gasteiger partial charge in [-0.05, 0) is 43.3 Å². The molecule has 0 bridgehead atoms. The summed E-state index contributed by atoms with van der Waals surface area (Å²) in [7, 11) is -1.31. The number of likely N-dealkylation sites (N-methyl/N-ethyl adjacent to an activating group) is 1. The number of fused-ring (bicyclic) bond motifs is 1. The summed E-state index contributed by atoms with van der Waals surface area (Å²) in [5, 5.41) is 3.25. The zero-order valence-electron chi connectivity index (χ0n) is 11.8. The van der Waals surface area contributed by atoms with Crippen LogP contribution in [0.1, 0.15) is 17.5 Å². The molecule has 0 atom stereocenters. The van der Waals surface area contributed by atoms with Crippen molar-refractivity contribution >= 4 is 10.0 Å². The van der Waals surface area contributed by atoms with Crippen molar-refractivity contribution in [1.82, 2.24) is 14.5 Å². The summed E-state index contributed by atoms with van der Waals surface area (Å²) in [5.74, 6) is 0. The number of hydrogen-bond donors (Lipinski definition) is 1. The first-order chi connectivity index (χ1) is 9.57. The van der Waals surface area contributed by atoms with Crippen LogP contribution in [0, 0.1) is 0 Å². The first-order valence-corrected chi connectivity index (χ1v) is 8.52. The average Bonchev–Trinajstić information content (AvgIpc) is 2.78. The molecule has 20 heavy (non-hydrogen) atoms. The van der Waals surface area contributed by atoms with Gasteiger partial charge in [-0.1, -0.05) is 6.07 Å². The number of rotatable bonds is 2. The molecule has 5 nitrogen and oxygen atoms in total. The highest BCUT2D eigenvalue weighted by Crippen LogP contribution is 2.23. The molecule has 0 unspecified atom stereocenters. The van der Waals surface area contributed by atoms with Gasteiger partial charge in [-0.3, -0.25) is 0 Å². The van der Waals surface area contributed by atoms with E-state index in [1.54, 1.807) is 10.4 Å². The van der Waals surface area contributed by atoms with Crippen molar-refractivity contribution in [2.75, 3.05) is 33.2 Å². The van der Waals surface area contributed by atoms with E-state index < -0.39 is 10.0 Å². The summed E-state index contributed by atoms with van der Waals surface area (Å²) >= 11 is 0. The molecule has 0 aliphatic carbocycles. The van der Waals surface area contributed by atoms with E-state index in [4.69, 9.17) is 0 Å². The van der Waals surface area contributed by atoms with Crippen molar-refractivity contribution in [3.8, 4) is 0 Å². The Morgan fingerprint density at radius 2 is 1.85 bits per heavy atom. The van der Waals surface area contributed by atoms with E-state index in [1.807, 2.05) is 19.2 Å². The first kappa shape index (κ1) is 14.0. The van der Waals surface area contributed by atoms with Crippen molar-refractivity contribution in [3.05, 3.63) is 29.3 Å². The monoisotopic (exact) mass is 295 g/mol. The molecule has 6 heteroatoms. The Balaban J connectivity index is 1.87. The van der Waals surface area contributed by atoms with Gasteiger partial charge in [0.05, 0.1) is 4.90 Å². The van der Waals surface area contributed by atoms with Crippen LogP contribution in [0.3, 0.4) is 0 Å². The van der Waals surface area contributed by atoms with Gasteiger partial charge in [0.25, 0.3) is 0 Å². The van der Waals surface area contributed by atoms with Gasteiger partial charge in [0.15, 0.2) is 0 Å². The lowest BCUT2D eigenvalue weighted by Crippen LogP contribution is -2.34. The number of nitrogens with zero attached hydrogens (tertiary/aromatic N) is 2. The molecule has 0 amide bonds. The smallest absolute Gasteiger partial charge is 0.243 e. The second-order valence-electron chi connectivity index (χ2n) is 5.59. The van der Waals surface area contributed by atoms with Crippen LogP contribution in [0.15, 0.2) is 23.1 Å². The molecule has 1 saturated heterocycles. The summed E-state index contributed by atoms with van der Waals surface area (Å²) in [6.07, 6.45) is 0.891. The molecule has 2 aliphatic rings. The Hall–Kier alpha value is -0.950. The van der Waals surface area contributed by atoms with Crippen LogP contribution < -0.4 is 5.32 Å². The standard InChI is InChI=1S/C14H21N3O2S/c1-16-5-2-6-17(8-7-16)20(18,19)14-4-3-12-10-15-11-13(12)9-14/h3-4,9,15H,2,5-8,10-11H2,1H3. The van der Waals surface area contributed by atoms with Gasteiger partial charge in [-0.25, -0.2) is 8.42 Å². The molecule has 2 heterocycles. The Bertz CT molecular complexity index is 600. The van der Waals surface area contributed by atoms with Gasteiger partial charge in [0, 0.05) is 32.7 Å². The van der Waals surface area contributed by atoms with E-state index in [0.29, 0.717) is 18.0 Å². The van der Waals surface area contributed by atoms with Crippen LogP contribution in [0.25, 0.3) is 0 Å². The highest BCUT2D eigenvalue weighted by molar-refractivity contribution is 7.89. The Morgan fingerprint density at radius 3 is 2.70 bits per heavy atom. The first-order valence-electron chi connectivity index (χ1n) is 7.08. The summed E-state index contributed by atoms with van der Waals surface area (Å²) in [5.41, 5.74) is 2.32. The predicted octanol–water partition coefficient (Wildman–Crippen LogP) is 0.616. The summed E-state index contributed by atoms with van der Waals surface area (Å²) in [4.78, 5) is 2.62. The largest absolute Gasteiger partial charge is 0.309 e. The molecule has 1 aromatic rings. The van der Waals surface area contributed by atoms with Gasteiger partial charge in [-0.2, -0.15) is 4.31 Å². The van der Waals surface area contributed by atoms with E-state index >= 15 is 0 Å². The lowest BCUT2D eigenvalue weighted by molar-refractivity contribution is 0.347. The molecule has 1 fully saturated rings. The second kappa shape index (κ2) is 5.44. The zero-order chi connectivity index (χ0) is 14.2. The van der Waals surface area contributed by atoms with Crippen LogP contribution in [0.2, 0.25) is 0 Å². The third-order valence-electron chi connectivity index (χ3n) is 4.12. The highest BCUT2D eigenvalue weighted by atomic mass is 32.2. The molecule has 2 aliphatic heterocycles. The number of nitrogens with one attached hydrogen (secondary N) is 1. The minimum Gasteiger partial charge on any atom is -0.309 e. The molecule has 0 saturated carbocycles. The van der Waals surface area contributed by atoms with Crippen LogP contribution >= 0.6 is 0 Å². The molecule has 110 valence electrons. The maximum atomic E-state index is 12.7. The minimum absolute atomic E-state index is 0.435. The van der Waals surface area contributed by atoms with E-state index in [2.05, 4.69) is 10.2 Å². The van der Waals surface area contributed by atoms with E-state index in [-0.39, 0.29) is 0 Å². The van der Waals surface area contributed by atoms with Gasteiger partial charge in [-0.15, -0.1) is 0 Å². The van der Waals surface area contributed by atoms with Gasteiger partial charge in [0.2, 0.25) is 10.0 Å². The fraction of sp³-hybridized carbons (Fsp3) is 0.571. The third-order valence-corrected chi connectivity index (χ3v) is 6.02. The summed E-state index contributed by atoms with van der Waals surface area (Å²) < 4.78 is 27.1. The lowest BCUT2D eigenvalue weighted by Gasteiger charge is -2.20. The van der Waals surface area contributed by atoms with Crippen molar-refractivity contribution in [1.29, 1.82) is 0 Å². The molecule has 3 rings (SSSR count). The summed E-state index contributed by atoms with van der Waals surface area (Å²) in [6.45, 7) is 4.55. The average molecular weight is 295 g/mol. The number of hydrogen-bond acceptors (Lipinski definition) is 4. The number of benzene rings is 1. The topological polar surface area (TPSA) is 52.7 Å². The quantitative estimate of drug-likeness (QED) is 0.869. The van der Waals surface area contributed by atoms with Crippen LogP contribution in [-0.4, -0.2) is 50.8 Å². The Labute approximate surface area is 120 Å². The lowest BCUT2D eigenvalue weighted by atomic mass is 10.1. The van der Waals surface area contributed by atoms with Crippen LogP contribution in [0.4, 0.5) is 0 Å². The number of sulfonamides is 1. The normalized spacial score (nSPS) is 21.6. The Morgan fingerprint density at radius 1 is 1.05 bits per heavy atom. The van der Waals surface area contributed by atoms with Crippen molar-refractivity contribution < 1.29 is 8.42 Å². The fourth-order valence-corrected chi connectivity index (χ4v) is 4.36.